The van der Waals surface area contributed by atoms with Gasteiger partial charge < -0.3 is 10.1 Å². The van der Waals surface area contributed by atoms with E-state index in [-0.39, 0.29) is 17.6 Å². The van der Waals surface area contributed by atoms with Crippen LogP contribution in [-0.4, -0.2) is 41.1 Å². The molecule has 7 heteroatoms. The van der Waals surface area contributed by atoms with Gasteiger partial charge in [0, 0.05) is 31.3 Å². The third kappa shape index (κ3) is 3.48. The van der Waals surface area contributed by atoms with Gasteiger partial charge in [0.1, 0.15) is 0 Å². The van der Waals surface area contributed by atoms with Crippen LogP contribution in [0.15, 0.2) is 59.5 Å². The Hall–Kier alpha value is -2.64. The van der Waals surface area contributed by atoms with Crippen LogP contribution in [0.2, 0.25) is 0 Å². The number of carbonyl (C=O) groups is 1. The predicted molar refractivity (Wildman–Crippen MR) is 106 cm³/mol. The fraction of sp³-hybridized carbons (Fsp3) is 0.250. The Balaban J connectivity index is 2.27. The molecule has 0 spiro atoms. The van der Waals surface area contributed by atoms with Crippen molar-refractivity contribution in [3.63, 3.8) is 0 Å². The van der Waals surface area contributed by atoms with Crippen LogP contribution in [0.25, 0.3) is 5.57 Å². The first-order chi connectivity index (χ1) is 12.9. The number of methoxy groups -OCH3 is 1. The molecule has 142 valence electrons. The second-order valence-corrected chi connectivity index (χ2v) is 8.30. The van der Waals surface area contributed by atoms with E-state index in [4.69, 9.17) is 4.74 Å². The van der Waals surface area contributed by atoms with Gasteiger partial charge in [-0.15, -0.1) is 0 Å². The van der Waals surface area contributed by atoms with Crippen LogP contribution in [0, 0.1) is 0 Å². The first-order valence-electron chi connectivity index (χ1n) is 8.55. The fourth-order valence-electron chi connectivity index (χ4n) is 3.18. The number of carbonyl (C=O) groups excluding carboxylic acids is 1. The van der Waals surface area contributed by atoms with Crippen molar-refractivity contribution in [3.05, 3.63) is 70.6 Å². The molecular formula is C20H22N2O4S. The highest BCUT2D eigenvalue weighted by atomic mass is 32.2. The maximum atomic E-state index is 13.2. The number of nitrogens with one attached hydrogen (secondary N) is 1. The number of para-hydroxylation sites is 1. The molecule has 1 aliphatic heterocycles. The number of amides is 1. The Morgan fingerprint density at radius 1 is 1.11 bits per heavy atom. The molecule has 0 bridgehead atoms. The van der Waals surface area contributed by atoms with Crippen LogP contribution in [0.1, 0.15) is 18.1 Å². The quantitative estimate of drug-likeness (QED) is 0.856. The van der Waals surface area contributed by atoms with Crippen molar-refractivity contribution in [3.8, 4) is 0 Å². The monoisotopic (exact) mass is 386 g/mol. The average Bonchev–Trinajstić information content (AvgIpc) is 2.65. The van der Waals surface area contributed by atoms with Crippen LogP contribution >= 0.6 is 0 Å². The number of benzene rings is 2. The highest BCUT2D eigenvalue weighted by molar-refractivity contribution is 7.97. The molecule has 1 aliphatic rings. The minimum atomic E-state index is -4.01. The summed E-state index contributed by atoms with van der Waals surface area (Å²) in [4.78, 5) is 12.8. The van der Waals surface area contributed by atoms with Gasteiger partial charge in [-0.1, -0.05) is 48.5 Å². The van der Waals surface area contributed by atoms with Crippen molar-refractivity contribution in [1.29, 1.82) is 0 Å². The normalized spacial score (nSPS) is 16.6. The summed E-state index contributed by atoms with van der Waals surface area (Å²) in [5.74, 6) is -0.639. The number of fused-ring (bicyclic) bond motifs is 1. The number of sulfonamides is 1. The maximum absolute atomic E-state index is 13.2. The molecule has 0 aliphatic carbocycles. The summed E-state index contributed by atoms with van der Waals surface area (Å²) in [7, 11) is -1.03. The van der Waals surface area contributed by atoms with E-state index in [2.05, 4.69) is 5.32 Å². The molecular weight excluding hydrogens is 364 g/mol. The Morgan fingerprint density at radius 2 is 1.74 bits per heavy atom. The second-order valence-electron chi connectivity index (χ2n) is 6.39. The summed E-state index contributed by atoms with van der Waals surface area (Å²) < 4.78 is 32.6. The molecule has 1 amide bonds. The summed E-state index contributed by atoms with van der Waals surface area (Å²) in [6.07, 6.45) is 0. The van der Waals surface area contributed by atoms with Gasteiger partial charge >= 0.3 is 0 Å². The number of anilines is 1. The lowest BCUT2D eigenvalue weighted by molar-refractivity contribution is -0.117. The van der Waals surface area contributed by atoms with E-state index in [0.29, 0.717) is 22.4 Å². The Kier molecular flexibility index (Phi) is 5.34. The van der Waals surface area contributed by atoms with Crippen LogP contribution < -0.4 is 9.62 Å². The summed E-state index contributed by atoms with van der Waals surface area (Å²) in [5.41, 5.74) is 2.32. The van der Waals surface area contributed by atoms with E-state index >= 15 is 0 Å². The van der Waals surface area contributed by atoms with Crippen LogP contribution in [0.5, 0.6) is 0 Å². The molecule has 2 aromatic rings. The average molecular weight is 386 g/mol. The van der Waals surface area contributed by atoms with Gasteiger partial charge in [0.2, 0.25) is 0 Å². The fourth-order valence-corrected chi connectivity index (χ4v) is 4.65. The highest BCUT2D eigenvalue weighted by Gasteiger charge is 2.39. The van der Waals surface area contributed by atoms with Gasteiger partial charge in [0.25, 0.3) is 15.9 Å². The van der Waals surface area contributed by atoms with Gasteiger partial charge in [-0.25, -0.2) is 8.42 Å². The molecule has 3 rings (SSSR count). The molecule has 1 atom stereocenters. The highest BCUT2D eigenvalue weighted by Crippen LogP contribution is 2.41. The van der Waals surface area contributed by atoms with Gasteiger partial charge in [-0.3, -0.25) is 9.10 Å². The zero-order chi connectivity index (χ0) is 19.6. The van der Waals surface area contributed by atoms with Gasteiger partial charge in [-0.05, 0) is 18.6 Å². The molecule has 1 heterocycles. The predicted octanol–water partition coefficient (Wildman–Crippen LogP) is 2.38. The molecule has 0 saturated carbocycles. The first-order valence-corrected chi connectivity index (χ1v) is 9.99. The van der Waals surface area contributed by atoms with Crippen LogP contribution in [0.3, 0.4) is 0 Å². The van der Waals surface area contributed by atoms with Gasteiger partial charge in [-0.2, -0.15) is 0 Å². The molecule has 0 unspecified atom stereocenters. The standard InChI is InChI=1S/C20H22N2O4S/c1-14(13-26-3)21-20(23)19-18(15-9-5-4-6-10-15)16-11-7-8-12-17(16)22(2)27(19,24)25/h4-12,14H,13H2,1-3H3,(H,21,23)/t14-/m1/s1. The molecule has 0 saturated heterocycles. The smallest absolute Gasteiger partial charge is 0.270 e. The van der Waals surface area contributed by atoms with E-state index < -0.39 is 15.9 Å². The first kappa shape index (κ1) is 19.1. The Morgan fingerprint density at radius 3 is 2.41 bits per heavy atom. The van der Waals surface area contributed by atoms with Crippen molar-refractivity contribution in [1.82, 2.24) is 5.32 Å². The number of hydrogen-bond acceptors (Lipinski definition) is 4. The van der Waals surface area contributed by atoms with Crippen molar-refractivity contribution in [2.75, 3.05) is 25.1 Å². The van der Waals surface area contributed by atoms with E-state index in [1.807, 2.05) is 30.3 Å². The van der Waals surface area contributed by atoms with Gasteiger partial charge in [0.05, 0.1) is 12.3 Å². The lowest BCUT2D eigenvalue weighted by Gasteiger charge is -2.31. The Bertz CT molecular complexity index is 984. The van der Waals surface area contributed by atoms with Crippen molar-refractivity contribution < 1.29 is 17.9 Å². The topological polar surface area (TPSA) is 75.7 Å². The van der Waals surface area contributed by atoms with E-state index in [9.17, 15) is 13.2 Å². The third-order valence-electron chi connectivity index (χ3n) is 4.42. The summed E-state index contributed by atoms with van der Waals surface area (Å²) in [5, 5.41) is 2.73. The second kappa shape index (κ2) is 7.54. The van der Waals surface area contributed by atoms with Crippen LogP contribution in [-0.2, 0) is 19.6 Å². The molecule has 0 fully saturated rings. The van der Waals surface area contributed by atoms with Crippen molar-refractivity contribution in [2.24, 2.45) is 0 Å². The molecule has 2 aromatic carbocycles. The van der Waals surface area contributed by atoms with E-state index in [0.717, 1.165) is 4.31 Å². The van der Waals surface area contributed by atoms with Crippen molar-refractivity contribution in [2.45, 2.75) is 13.0 Å². The molecule has 0 radical (unpaired) electrons. The SMILES string of the molecule is COC[C@@H](C)NC(=O)C1=C(c2ccccc2)c2ccccc2N(C)S1(=O)=O. The molecule has 0 aromatic heterocycles. The third-order valence-corrected chi connectivity index (χ3v) is 6.24. The molecule has 1 N–H and O–H groups in total. The minimum absolute atomic E-state index is 0.252. The maximum Gasteiger partial charge on any atom is 0.270 e. The largest absolute Gasteiger partial charge is 0.383 e. The minimum Gasteiger partial charge on any atom is -0.383 e. The summed E-state index contributed by atoms with van der Waals surface area (Å²) in [6.45, 7) is 2.05. The lowest BCUT2D eigenvalue weighted by Crippen LogP contribution is -2.43. The summed E-state index contributed by atoms with van der Waals surface area (Å²) in [6, 6.07) is 15.9. The Labute approximate surface area is 159 Å². The number of hydrogen-bond donors (Lipinski definition) is 1. The number of nitrogens with zero attached hydrogens (tertiary/aromatic N) is 1. The van der Waals surface area contributed by atoms with E-state index in [1.165, 1.54) is 14.2 Å². The number of ether oxygens (including phenoxy) is 1. The lowest BCUT2D eigenvalue weighted by atomic mass is 9.95. The van der Waals surface area contributed by atoms with Gasteiger partial charge in [0.15, 0.2) is 4.91 Å². The molecule has 27 heavy (non-hydrogen) atoms. The zero-order valence-electron chi connectivity index (χ0n) is 15.5. The zero-order valence-corrected chi connectivity index (χ0v) is 16.3. The summed E-state index contributed by atoms with van der Waals surface area (Å²) >= 11 is 0. The van der Waals surface area contributed by atoms with Crippen LogP contribution in [0.4, 0.5) is 5.69 Å². The van der Waals surface area contributed by atoms with E-state index in [1.54, 1.807) is 31.2 Å². The number of rotatable bonds is 5. The molecule has 6 nitrogen and oxygen atoms in total. The van der Waals surface area contributed by atoms with Crippen molar-refractivity contribution >= 4 is 27.2 Å².